The van der Waals surface area contributed by atoms with E-state index >= 15 is 0 Å². The molecule has 2 aromatic rings. The van der Waals surface area contributed by atoms with E-state index in [4.69, 9.17) is 5.73 Å². The van der Waals surface area contributed by atoms with Gasteiger partial charge in [0.05, 0.1) is 0 Å². The molecule has 0 aliphatic carbocycles. The van der Waals surface area contributed by atoms with Gasteiger partial charge in [-0.2, -0.15) is 0 Å². The smallest absolute Gasteiger partial charge is 0.200 e. The van der Waals surface area contributed by atoms with Crippen LogP contribution in [0.5, 0.6) is 0 Å². The van der Waals surface area contributed by atoms with Gasteiger partial charge >= 0.3 is 0 Å². The van der Waals surface area contributed by atoms with Gasteiger partial charge < -0.3 is 10.6 Å². The maximum atomic E-state index is 5.98. The van der Waals surface area contributed by atoms with Gasteiger partial charge in [0, 0.05) is 19.1 Å². The molecule has 3 heterocycles. The van der Waals surface area contributed by atoms with Crippen LogP contribution >= 0.6 is 0 Å². The fourth-order valence-corrected chi connectivity index (χ4v) is 1.99. The summed E-state index contributed by atoms with van der Waals surface area (Å²) in [5, 5.41) is 15.5. The molecule has 1 aliphatic heterocycles. The number of nitrogens with two attached hydrogens (primary N) is 1. The molecule has 2 atom stereocenters. The predicted octanol–water partition coefficient (Wildman–Crippen LogP) is -0.697. The van der Waals surface area contributed by atoms with Crippen LogP contribution in [0.3, 0.4) is 0 Å². The van der Waals surface area contributed by atoms with E-state index in [-0.39, 0.29) is 6.04 Å². The quantitative estimate of drug-likeness (QED) is 0.682. The van der Waals surface area contributed by atoms with Crippen LogP contribution in [0.15, 0.2) is 12.1 Å². The second-order valence-electron chi connectivity index (χ2n) is 4.26. The van der Waals surface area contributed by atoms with E-state index in [1.165, 1.54) is 4.63 Å². The minimum absolute atomic E-state index is 0.214. The van der Waals surface area contributed by atoms with E-state index < -0.39 is 0 Å². The fraction of sp³-hybridized carbons (Fsp3) is 0.556. The number of anilines is 1. The van der Waals surface area contributed by atoms with Crippen molar-refractivity contribution < 1.29 is 0 Å². The van der Waals surface area contributed by atoms with Crippen molar-refractivity contribution in [3.8, 4) is 0 Å². The first kappa shape index (κ1) is 9.46. The highest BCUT2D eigenvalue weighted by atomic mass is 15.6. The molecule has 0 aromatic carbocycles. The average molecular weight is 219 g/mol. The Bertz CT molecular complexity index is 497. The molecule has 0 amide bonds. The van der Waals surface area contributed by atoms with Crippen LogP contribution in [0.2, 0.25) is 0 Å². The Kier molecular flexibility index (Phi) is 2.00. The molecule has 1 fully saturated rings. The molecule has 1 aliphatic rings. The van der Waals surface area contributed by atoms with Crippen LogP contribution in [-0.4, -0.2) is 44.4 Å². The molecule has 1 saturated heterocycles. The summed E-state index contributed by atoms with van der Waals surface area (Å²) in [6.07, 6.45) is 0. The number of aromatic nitrogens is 5. The van der Waals surface area contributed by atoms with E-state index in [2.05, 4.69) is 32.4 Å². The van der Waals surface area contributed by atoms with Gasteiger partial charge in [0.2, 0.25) is 0 Å². The second kappa shape index (κ2) is 3.38. The minimum atomic E-state index is 0.214. The Morgan fingerprint density at radius 1 is 1.38 bits per heavy atom. The van der Waals surface area contributed by atoms with E-state index in [1.807, 2.05) is 12.1 Å². The van der Waals surface area contributed by atoms with Crippen molar-refractivity contribution in [2.24, 2.45) is 11.7 Å². The Hall–Kier alpha value is -1.76. The van der Waals surface area contributed by atoms with Crippen molar-refractivity contribution in [2.75, 3.05) is 18.0 Å². The predicted molar refractivity (Wildman–Crippen MR) is 57.9 cm³/mol. The largest absolute Gasteiger partial charge is 0.353 e. The molecule has 0 radical (unpaired) electrons. The third-order valence-electron chi connectivity index (χ3n) is 3.05. The van der Waals surface area contributed by atoms with Gasteiger partial charge in [0.1, 0.15) is 0 Å². The van der Waals surface area contributed by atoms with Crippen molar-refractivity contribution >= 4 is 11.5 Å². The summed E-state index contributed by atoms with van der Waals surface area (Å²) in [7, 11) is 0. The SMILES string of the molecule is CC1CN(c2ccc3nnnn3n2)CC1N. The molecule has 2 aromatic heterocycles. The summed E-state index contributed by atoms with van der Waals surface area (Å²) in [6, 6.07) is 4.00. The number of nitrogens with zero attached hydrogens (tertiary/aromatic N) is 6. The van der Waals surface area contributed by atoms with Gasteiger partial charge in [0.15, 0.2) is 11.5 Å². The van der Waals surface area contributed by atoms with Gasteiger partial charge in [-0.25, -0.2) is 0 Å². The van der Waals surface area contributed by atoms with E-state index in [9.17, 15) is 0 Å². The van der Waals surface area contributed by atoms with Crippen molar-refractivity contribution in [3.05, 3.63) is 12.1 Å². The van der Waals surface area contributed by atoms with Crippen LogP contribution < -0.4 is 10.6 Å². The van der Waals surface area contributed by atoms with Crippen molar-refractivity contribution in [2.45, 2.75) is 13.0 Å². The summed E-state index contributed by atoms with van der Waals surface area (Å²) in [5.41, 5.74) is 6.64. The Labute approximate surface area is 92.2 Å². The van der Waals surface area contributed by atoms with Gasteiger partial charge in [-0.1, -0.05) is 6.92 Å². The number of hydrogen-bond acceptors (Lipinski definition) is 6. The minimum Gasteiger partial charge on any atom is -0.353 e. The molecular weight excluding hydrogens is 206 g/mol. The average Bonchev–Trinajstić information content (AvgIpc) is 2.85. The molecule has 0 bridgehead atoms. The third-order valence-corrected chi connectivity index (χ3v) is 3.05. The molecule has 0 spiro atoms. The molecule has 16 heavy (non-hydrogen) atoms. The highest BCUT2D eigenvalue weighted by molar-refractivity contribution is 5.45. The van der Waals surface area contributed by atoms with Crippen molar-refractivity contribution in [1.82, 2.24) is 25.3 Å². The maximum absolute atomic E-state index is 5.98. The lowest BCUT2D eigenvalue weighted by atomic mass is 10.1. The van der Waals surface area contributed by atoms with Gasteiger partial charge in [-0.05, 0) is 28.5 Å². The van der Waals surface area contributed by atoms with Crippen molar-refractivity contribution in [1.29, 1.82) is 0 Å². The van der Waals surface area contributed by atoms with Crippen LogP contribution in [0, 0.1) is 5.92 Å². The molecule has 2 N–H and O–H groups in total. The summed E-state index contributed by atoms with van der Waals surface area (Å²) in [4.78, 5) is 2.16. The summed E-state index contributed by atoms with van der Waals surface area (Å²) in [6.45, 7) is 3.92. The first-order valence-corrected chi connectivity index (χ1v) is 5.30. The Morgan fingerprint density at radius 3 is 3.00 bits per heavy atom. The Balaban J connectivity index is 1.94. The zero-order valence-corrected chi connectivity index (χ0v) is 8.98. The zero-order chi connectivity index (χ0) is 11.1. The van der Waals surface area contributed by atoms with Crippen molar-refractivity contribution in [3.63, 3.8) is 0 Å². The second-order valence-corrected chi connectivity index (χ2v) is 4.26. The highest BCUT2D eigenvalue weighted by Gasteiger charge is 2.27. The monoisotopic (exact) mass is 219 g/mol. The molecular formula is C9H13N7. The first-order chi connectivity index (χ1) is 7.74. The zero-order valence-electron chi connectivity index (χ0n) is 8.98. The molecule has 3 rings (SSSR count). The van der Waals surface area contributed by atoms with E-state index in [0.29, 0.717) is 11.6 Å². The van der Waals surface area contributed by atoms with E-state index in [0.717, 1.165) is 18.9 Å². The van der Waals surface area contributed by atoms with Crippen LogP contribution in [0.25, 0.3) is 5.65 Å². The number of hydrogen-bond donors (Lipinski definition) is 1. The molecule has 7 nitrogen and oxygen atoms in total. The van der Waals surface area contributed by atoms with Gasteiger partial charge in [-0.15, -0.1) is 14.8 Å². The molecule has 0 saturated carbocycles. The summed E-state index contributed by atoms with van der Waals surface area (Å²) in [5.74, 6) is 1.37. The molecule has 84 valence electrons. The van der Waals surface area contributed by atoms with Crippen LogP contribution in [-0.2, 0) is 0 Å². The highest BCUT2D eigenvalue weighted by Crippen LogP contribution is 2.20. The lowest BCUT2D eigenvalue weighted by Gasteiger charge is -2.15. The third kappa shape index (κ3) is 1.40. The van der Waals surface area contributed by atoms with Crippen LogP contribution in [0.4, 0.5) is 5.82 Å². The maximum Gasteiger partial charge on any atom is 0.200 e. The Morgan fingerprint density at radius 2 is 2.25 bits per heavy atom. The number of fused-ring (bicyclic) bond motifs is 1. The molecule has 7 heteroatoms. The van der Waals surface area contributed by atoms with Gasteiger partial charge in [0.25, 0.3) is 0 Å². The number of tetrazole rings is 1. The standard InChI is InChI=1S/C9H13N7/c1-6-4-15(5-7(6)10)9-3-2-8-11-13-14-16(8)12-9/h2-3,6-7H,4-5,10H2,1H3. The number of rotatable bonds is 1. The normalized spacial score (nSPS) is 25.5. The summed E-state index contributed by atoms with van der Waals surface area (Å²) < 4.78 is 1.43. The van der Waals surface area contributed by atoms with Gasteiger partial charge in [-0.3, -0.25) is 0 Å². The van der Waals surface area contributed by atoms with Crippen LogP contribution in [0.1, 0.15) is 6.92 Å². The fourth-order valence-electron chi connectivity index (χ4n) is 1.99. The molecule has 2 unspecified atom stereocenters. The summed E-state index contributed by atoms with van der Waals surface area (Å²) >= 11 is 0. The first-order valence-electron chi connectivity index (χ1n) is 5.30. The lowest BCUT2D eigenvalue weighted by molar-refractivity contribution is 0.565. The topological polar surface area (TPSA) is 85.2 Å². The lowest BCUT2D eigenvalue weighted by Crippen LogP contribution is -2.28. The van der Waals surface area contributed by atoms with E-state index in [1.54, 1.807) is 0 Å².